The maximum atomic E-state index is 10.3. The standard InChI is InChI=1S/C16H30O3/c1-2-15(17)13-11-9-7-5-3-4-6-8-10-12-14-16(18)19/h4,6,15,17H,2-3,5,7-14H2,1H3,(H,18,19)/b6-4+. The molecular weight excluding hydrogens is 240 g/mol. The van der Waals surface area contributed by atoms with Crippen molar-refractivity contribution in [3.05, 3.63) is 12.2 Å². The SMILES string of the molecule is CCC(O)CCCCCC/C=C/CCCCC(=O)O. The summed E-state index contributed by atoms with van der Waals surface area (Å²) in [5.41, 5.74) is 0. The summed E-state index contributed by atoms with van der Waals surface area (Å²) < 4.78 is 0. The minimum Gasteiger partial charge on any atom is -0.481 e. The van der Waals surface area contributed by atoms with Gasteiger partial charge in [-0.3, -0.25) is 4.79 Å². The van der Waals surface area contributed by atoms with E-state index in [0.717, 1.165) is 44.9 Å². The van der Waals surface area contributed by atoms with Gasteiger partial charge in [-0.2, -0.15) is 0 Å². The zero-order valence-corrected chi connectivity index (χ0v) is 12.3. The van der Waals surface area contributed by atoms with Gasteiger partial charge in [0, 0.05) is 6.42 Å². The number of carboxylic acids is 1. The summed E-state index contributed by atoms with van der Waals surface area (Å²) in [6, 6.07) is 0. The third-order valence-electron chi connectivity index (χ3n) is 3.31. The molecule has 0 aromatic rings. The number of aliphatic hydroxyl groups is 1. The number of allylic oxidation sites excluding steroid dienone is 2. The van der Waals surface area contributed by atoms with E-state index in [9.17, 15) is 9.90 Å². The average molecular weight is 270 g/mol. The van der Waals surface area contributed by atoms with Gasteiger partial charge in [-0.1, -0.05) is 38.3 Å². The van der Waals surface area contributed by atoms with Crippen molar-refractivity contribution in [3.8, 4) is 0 Å². The van der Waals surface area contributed by atoms with Crippen LogP contribution in [-0.2, 0) is 4.79 Å². The Morgan fingerprint density at radius 2 is 1.58 bits per heavy atom. The summed E-state index contributed by atoms with van der Waals surface area (Å²) in [5.74, 6) is -0.697. The van der Waals surface area contributed by atoms with E-state index in [2.05, 4.69) is 12.2 Å². The maximum absolute atomic E-state index is 10.3. The first-order valence-corrected chi connectivity index (χ1v) is 7.71. The van der Waals surface area contributed by atoms with Gasteiger partial charge in [0.1, 0.15) is 0 Å². The molecule has 0 fully saturated rings. The van der Waals surface area contributed by atoms with Crippen LogP contribution in [0.1, 0.15) is 77.6 Å². The van der Waals surface area contributed by atoms with Crippen molar-refractivity contribution in [1.82, 2.24) is 0 Å². The summed E-state index contributed by atoms with van der Waals surface area (Å²) in [7, 11) is 0. The fourth-order valence-corrected chi connectivity index (χ4v) is 1.97. The highest BCUT2D eigenvalue weighted by molar-refractivity contribution is 5.66. The van der Waals surface area contributed by atoms with Crippen LogP contribution in [0, 0.1) is 0 Å². The van der Waals surface area contributed by atoms with Crippen molar-refractivity contribution in [3.63, 3.8) is 0 Å². The Bertz CT molecular complexity index is 236. The second-order valence-corrected chi connectivity index (χ2v) is 5.16. The van der Waals surface area contributed by atoms with Gasteiger partial charge in [0.15, 0.2) is 0 Å². The van der Waals surface area contributed by atoms with Gasteiger partial charge in [-0.05, 0) is 44.9 Å². The quantitative estimate of drug-likeness (QED) is 0.387. The molecule has 0 saturated carbocycles. The molecule has 112 valence electrons. The molecule has 0 aliphatic heterocycles. The van der Waals surface area contributed by atoms with Crippen LogP contribution in [0.4, 0.5) is 0 Å². The van der Waals surface area contributed by atoms with E-state index >= 15 is 0 Å². The molecule has 0 radical (unpaired) electrons. The van der Waals surface area contributed by atoms with Crippen molar-refractivity contribution < 1.29 is 15.0 Å². The van der Waals surface area contributed by atoms with Crippen LogP contribution < -0.4 is 0 Å². The summed E-state index contributed by atoms with van der Waals surface area (Å²) >= 11 is 0. The van der Waals surface area contributed by atoms with Gasteiger partial charge in [0.05, 0.1) is 6.10 Å². The van der Waals surface area contributed by atoms with Crippen LogP contribution in [0.15, 0.2) is 12.2 Å². The molecule has 0 saturated heterocycles. The zero-order valence-electron chi connectivity index (χ0n) is 12.3. The van der Waals surface area contributed by atoms with E-state index in [1.165, 1.54) is 19.3 Å². The average Bonchev–Trinajstić information content (AvgIpc) is 2.39. The Morgan fingerprint density at radius 3 is 2.16 bits per heavy atom. The van der Waals surface area contributed by atoms with E-state index in [1.54, 1.807) is 0 Å². The fraction of sp³-hybridized carbons (Fsp3) is 0.812. The third kappa shape index (κ3) is 15.1. The Labute approximate surface area is 117 Å². The second kappa shape index (κ2) is 13.6. The lowest BCUT2D eigenvalue weighted by Crippen LogP contribution is -2.03. The van der Waals surface area contributed by atoms with Gasteiger partial charge in [0.2, 0.25) is 0 Å². The zero-order chi connectivity index (χ0) is 14.3. The number of hydrogen-bond donors (Lipinski definition) is 2. The van der Waals surface area contributed by atoms with Gasteiger partial charge in [0.25, 0.3) is 0 Å². The predicted molar refractivity (Wildman–Crippen MR) is 79.2 cm³/mol. The van der Waals surface area contributed by atoms with Crippen molar-refractivity contribution >= 4 is 5.97 Å². The van der Waals surface area contributed by atoms with E-state index < -0.39 is 5.97 Å². The highest BCUT2D eigenvalue weighted by atomic mass is 16.4. The predicted octanol–water partition coefficient (Wildman–Crippen LogP) is 4.30. The topological polar surface area (TPSA) is 57.5 Å². The molecule has 0 spiro atoms. The monoisotopic (exact) mass is 270 g/mol. The van der Waals surface area contributed by atoms with Crippen LogP contribution in [0.25, 0.3) is 0 Å². The molecular formula is C16H30O3. The van der Waals surface area contributed by atoms with Crippen molar-refractivity contribution in [2.75, 3.05) is 0 Å². The largest absolute Gasteiger partial charge is 0.481 e. The molecule has 0 amide bonds. The van der Waals surface area contributed by atoms with Crippen molar-refractivity contribution in [2.24, 2.45) is 0 Å². The normalized spacial score (nSPS) is 12.9. The fourth-order valence-electron chi connectivity index (χ4n) is 1.97. The van der Waals surface area contributed by atoms with Gasteiger partial charge in [-0.15, -0.1) is 0 Å². The molecule has 0 heterocycles. The Kier molecular flexibility index (Phi) is 13.0. The molecule has 2 N–H and O–H groups in total. The Balaban J connectivity index is 3.15. The molecule has 0 aromatic heterocycles. The molecule has 3 nitrogen and oxygen atoms in total. The lowest BCUT2D eigenvalue weighted by molar-refractivity contribution is -0.137. The van der Waals surface area contributed by atoms with Crippen molar-refractivity contribution in [1.29, 1.82) is 0 Å². The Hall–Kier alpha value is -0.830. The van der Waals surface area contributed by atoms with Crippen LogP contribution in [0.3, 0.4) is 0 Å². The molecule has 3 heteroatoms. The smallest absolute Gasteiger partial charge is 0.303 e. The molecule has 0 rings (SSSR count). The van der Waals surface area contributed by atoms with Crippen LogP contribution in [0.2, 0.25) is 0 Å². The number of aliphatic carboxylic acids is 1. The number of rotatable bonds is 13. The molecule has 0 aliphatic carbocycles. The maximum Gasteiger partial charge on any atom is 0.303 e. The molecule has 0 bridgehead atoms. The van der Waals surface area contributed by atoms with E-state index in [4.69, 9.17) is 5.11 Å². The molecule has 1 atom stereocenters. The molecule has 19 heavy (non-hydrogen) atoms. The summed E-state index contributed by atoms with van der Waals surface area (Å²) in [6.45, 7) is 2.02. The minimum absolute atomic E-state index is 0.106. The first kappa shape index (κ1) is 18.2. The summed E-state index contributed by atoms with van der Waals surface area (Å²) in [6.07, 6.45) is 15.0. The van der Waals surface area contributed by atoms with E-state index in [-0.39, 0.29) is 12.5 Å². The number of carbonyl (C=O) groups is 1. The minimum atomic E-state index is -0.697. The highest BCUT2D eigenvalue weighted by Gasteiger charge is 1.99. The van der Waals surface area contributed by atoms with Gasteiger partial charge < -0.3 is 10.2 Å². The third-order valence-corrected chi connectivity index (χ3v) is 3.31. The molecule has 1 unspecified atom stereocenters. The lowest BCUT2D eigenvalue weighted by atomic mass is 10.1. The van der Waals surface area contributed by atoms with E-state index in [1.807, 2.05) is 6.92 Å². The lowest BCUT2D eigenvalue weighted by Gasteiger charge is -2.06. The summed E-state index contributed by atoms with van der Waals surface area (Å²) in [4.78, 5) is 10.3. The first-order valence-electron chi connectivity index (χ1n) is 7.71. The van der Waals surface area contributed by atoms with Crippen LogP contribution >= 0.6 is 0 Å². The number of carboxylic acid groups (broad SMARTS) is 1. The second-order valence-electron chi connectivity index (χ2n) is 5.16. The van der Waals surface area contributed by atoms with Crippen molar-refractivity contribution in [2.45, 2.75) is 83.7 Å². The van der Waals surface area contributed by atoms with Gasteiger partial charge in [-0.25, -0.2) is 0 Å². The molecule has 0 aliphatic rings. The Morgan fingerprint density at radius 1 is 1.00 bits per heavy atom. The number of hydrogen-bond acceptors (Lipinski definition) is 2. The van der Waals surface area contributed by atoms with Crippen LogP contribution in [-0.4, -0.2) is 22.3 Å². The first-order chi connectivity index (χ1) is 9.16. The highest BCUT2D eigenvalue weighted by Crippen LogP contribution is 2.09. The summed E-state index contributed by atoms with van der Waals surface area (Å²) in [5, 5.41) is 17.9. The van der Waals surface area contributed by atoms with E-state index in [0.29, 0.717) is 0 Å². The number of aliphatic hydroxyl groups excluding tert-OH is 1. The number of unbranched alkanes of at least 4 members (excludes halogenated alkanes) is 6. The molecule has 0 aromatic carbocycles. The van der Waals surface area contributed by atoms with Gasteiger partial charge >= 0.3 is 5.97 Å². The van der Waals surface area contributed by atoms with Crippen LogP contribution in [0.5, 0.6) is 0 Å².